The van der Waals surface area contributed by atoms with Crippen molar-refractivity contribution in [1.82, 2.24) is 9.80 Å². The minimum atomic E-state index is 0.189. The highest BCUT2D eigenvalue weighted by Crippen LogP contribution is 2.24. The van der Waals surface area contributed by atoms with Crippen molar-refractivity contribution in [2.75, 3.05) is 33.7 Å². The van der Waals surface area contributed by atoms with Crippen molar-refractivity contribution >= 4 is 0 Å². The molecule has 0 saturated carbocycles. The molecule has 1 saturated heterocycles. The van der Waals surface area contributed by atoms with Gasteiger partial charge in [0.25, 0.3) is 0 Å². The third-order valence-electron chi connectivity index (χ3n) is 4.28. The Morgan fingerprint density at radius 2 is 2.32 bits per heavy atom. The molecule has 1 aliphatic heterocycles. The normalized spacial score (nSPS) is 22.3. The number of likely N-dealkylation sites (tertiary alicyclic amines) is 1. The Balaban J connectivity index is 1.99. The second kappa shape index (κ2) is 6.55. The molecule has 0 aromatic carbocycles. The van der Waals surface area contributed by atoms with Gasteiger partial charge in [-0.25, -0.2) is 0 Å². The molecule has 2 unspecified atom stereocenters. The summed E-state index contributed by atoms with van der Waals surface area (Å²) in [4.78, 5) is 4.79. The van der Waals surface area contributed by atoms with E-state index in [0.29, 0.717) is 12.6 Å². The number of rotatable bonds is 6. The number of nitrogens with zero attached hydrogens (tertiary/aromatic N) is 2. The van der Waals surface area contributed by atoms with Crippen LogP contribution in [0.4, 0.5) is 0 Å². The molecule has 4 heteroatoms. The van der Waals surface area contributed by atoms with Gasteiger partial charge >= 0.3 is 0 Å². The first kappa shape index (κ1) is 14.6. The molecular formula is C15H27N3O. The second-order valence-corrected chi connectivity index (χ2v) is 5.63. The SMILES string of the molecule is CCc1ccc(C(CN)N(C)CC2CCCN2C)o1. The predicted octanol–water partition coefficient (Wildman–Crippen LogP) is 1.87. The summed E-state index contributed by atoms with van der Waals surface area (Å²) in [7, 11) is 4.36. The lowest BCUT2D eigenvalue weighted by atomic mass is 10.1. The molecule has 108 valence electrons. The summed E-state index contributed by atoms with van der Waals surface area (Å²) >= 11 is 0. The molecule has 2 heterocycles. The van der Waals surface area contributed by atoms with Gasteiger partial charge in [-0.15, -0.1) is 0 Å². The number of nitrogens with two attached hydrogens (primary N) is 1. The van der Waals surface area contributed by atoms with Crippen LogP contribution in [0.1, 0.15) is 37.3 Å². The van der Waals surface area contributed by atoms with Gasteiger partial charge in [-0.1, -0.05) is 6.92 Å². The number of hydrogen-bond acceptors (Lipinski definition) is 4. The molecule has 19 heavy (non-hydrogen) atoms. The van der Waals surface area contributed by atoms with Crippen molar-refractivity contribution in [3.8, 4) is 0 Å². The fourth-order valence-corrected chi connectivity index (χ4v) is 2.95. The maximum Gasteiger partial charge on any atom is 0.122 e. The zero-order chi connectivity index (χ0) is 13.8. The van der Waals surface area contributed by atoms with Gasteiger partial charge < -0.3 is 15.1 Å². The van der Waals surface area contributed by atoms with Gasteiger partial charge in [0, 0.05) is 25.6 Å². The molecule has 1 aliphatic rings. The smallest absolute Gasteiger partial charge is 0.122 e. The Labute approximate surface area is 116 Å². The first-order valence-electron chi connectivity index (χ1n) is 7.34. The Hall–Kier alpha value is -0.840. The zero-order valence-corrected chi connectivity index (χ0v) is 12.4. The van der Waals surface area contributed by atoms with Crippen molar-refractivity contribution < 1.29 is 4.42 Å². The van der Waals surface area contributed by atoms with Crippen molar-refractivity contribution in [2.45, 2.75) is 38.3 Å². The van der Waals surface area contributed by atoms with Crippen LogP contribution in [0.3, 0.4) is 0 Å². The van der Waals surface area contributed by atoms with E-state index in [1.807, 2.05) is 0 Å². The Morgan fingerprint density at radius 1 is 1.53 bits per heavy atom. The van der Waals surface area contributed by atoms with Gasteiger partial charge in [-0.05, 0) is 45.6 Å². The number of aryl methyl sites for hydroxylation is 1. The second-order valence-electron chi connectivity index (χ2n) is 5.63. The van der Waals surface area contributed by atoms with E-state index < -0.39 is 0 Å². The van der Waals surface area contributed by atoms with Crippen molar-refractivity contribution in [1.29, 1.82) is 0 Å². The Kier molecular flexibility index (Phi) is 5.02. The van der Waals surface area contributed by atoms with Crippen LogP contribution in [0.15, 0.2) is 16.5 Å². The number of furan rings is 1. The standard InChI is InChI=1S/C15H27N3O/c1-4-13-7-8-15(19-13)14(10-16)18(3)11-12-6-5-9-17(12)2/h7-8,12,14H,4-6,9-11,16H2,1-3H3. The van der Waals surface area contributed by atoms with Crippen LogP contribution in [-0.4, -0.2) is 49.6 Å². The molecule has 2 atom stereocenters. The zero-order valence-electron chi connectivity index (χ0n) is 12.4. The molecule has 2 N–H and O–H groups in total. The Morgan fingerprint density at radius 3 is 2.84 bits per heavy atom. The first-order chi connectivity index (χ1) is 9.15. The minimum Gasteiger partial charge on any atom is -0.464 e. The molecule has 1 fully saturated rings. The van der Waals surface area contributed by atoms with E-state index in [2.05, 4.69) is 43.0 Å². The van der Waals surface area contributed by atoms with Crippen LogP contribution in [0.25, 0.3) is 0 Å². The molecule has 0 bridgehead atoms. The van der Waals surface area contributed by atoms with Crippen LogP contribution in [0.5, 0.6) is 0 Å². The highest BCUT2D eigenvalue weighted by atomic mass is 16.3. The average molecular weight is 265 g/mol. The number of hydrogen-bond donors (Lipinski definition) is 1. The Bertz CT molecular complexity index is 390. The van der Waals surface area contributed by atoms with E-state index in [-0.39, 0.29) is 6.04 Å². The summed E-state index contributed by atoms with van der Waals surface area (Å²) in [6.07, 6.45) is 3.53. The maximum absolute atomic E-state index is 5.95. The van der Waals surface area contributed by atoms with Crippen LogP contribution in [0.2, 0.25) is 0 Å². The summed E-state index contributed by atoms with van der Waals surface area (Å²) in [6.45, 7) is 4.98. The van der Waals surface area contributed by atoms with Crippen molar-refractivity contribution in [3.63, 3.8) is 0 Å². The average Bonchev–Trinajstić information content (AvgIpc) is 3.01. The lowest BCUT2D eigenvalue weighted by molar-refractivity contribution is 0.164. The predicted molar refractivity (Wildman–Crippen MR) is 78.2 cm³/mol. The fourth-order valence-electron chi connectivity index (χ4n) is 2.95. The van der Waals surface area contributed by atoms with Crippen molar-refractivity contribution in [2.24, 2.45) is 5.73 Å². The van der Waals surface area contributed by atoms with Crippen LogP contribution < -0.4 is 5.73 Å². The van der Waals surface area contributed by atoms with Gasteiger partial charge in [0.05, 0.1) is 6.04 Å². The molecule has 0 aliphatic carbocycles. The van der Waals surface area contributed by atoms with E-state index in [1.54, 1.807) is 0 Å². The molecule has 4 nitrogen and oxygen atoms in total. The summed E-state index contributed by atoms with van der Waals surface area (Å²) in [6, 6.07) is 4.98. The summed E-state index contributed by atoms with van der Waals surface area (Å²) in [5.74, 6) is 2.04. The topological polar surface area (TPSA) is 45.6 Å². The van der Waals surface area contributed by atoms with Crippen LogP contribution in [-0.2, 0) is 6.42 Å². The molecule has 0 amide bonds. The van der Waals surface area contributed by atoms with Crippen LogP contribution >= 0.6 is 0 Å². The fraction of sp³-hybridized carbons (Fsp3) is 0.733. The number of likely N-dealkylation sites (N-methyl/N-ethyl adjacent to an activating group) is 2. The van der Waals surface area contributed by atoms with Gasteiger partial charge in [-0.2, -0.15) is 0 Å². The van der Waals surface area contributed by atoms with E-state index in [1.165, 1.54) is 19.4 Å². The van der Waals surface area contributed by atoms with Gasteiger partial charge in [-0.3, -0.25) is 4.90 Å². The quantitative estimate of drug-likeness (QED) is 0.853. The van der Waals surface area contributed by atoms with E-state index in [9.17, 15) is 0 Å². The highest BCUT2D eigenvalue weighted by molar-refractivity contribution is 5.11. The summed E-state index contributed by atoms with van der Waals surface area (Å²) in [5.41, 5.74) is 5.95. The first-order valence-corrected chi connectivity index (χ1v) is 7.34. The van der Waals surface area contributed by atoms with E-state index in [4.69, 9.17) is 10.2 Å². The lowest BCUT2D eigenvalue weighted by Crippen LogP contribution is -2.40. The molecular weight excluding hydrogens is 238 g/mol. The van der Waals surface area contributed by atoms with Gasteiger partial charge in [0.1, 0.15) is 11.5 Å². The minimum absolute atomic E-state index is 0.189. The highest BCUT2D eigenvalue weighted by Gasteiger charge is 2.26. The third kappa shape index (κ3) is 3.38. The lowest BCUT2D eigenvalue weighted by Gasteiger charge is -2.30. The van der Waals surface area contributed by atoms with Gasteiger partial charge in [0.15, 0.2) is 0 Å². The monoisotopic (exact) mass is 265 g/mol. The van der Waals surface area contributed by atoms with Gasteiger partial charge in [0.2, 0.25) is 0 Å². The van der Waals surface area contributed by atoms with E-state index in [0.717, 1.165) is 24.5 Å². The maximum atomic E-state index is 5.95. The molecule has 1 aromatic rings. The van der Waals surface area contributed by atoms with Crippen LogP contribution in [0, 0.1) is 0 Å². The molecule has 2 rings (SSSR count). The largest absolute Gasteiger partial charge is 0.464 e. The van der Waals surface area contributed by atoms with Crippen molar-refractivity contribution in [3.05, 3.63) is 23.7 Å². The molecule has 0 spiro atoms. The molecule has 0 radical (unpaired) electrons. The van der Waals surface area contributed by atoms with E-state index >= 15 is 0 Å². The molecule has 1 aromatic heterocycles. The summed E-state index contributed by atoms with van der Waals surface area (Å²) < 4.78 is 5.86. The summed E-state index contributed by atoms with van der Waals surface area (Å²) in [5, 5.41) is 0. The third-order valence-corrected chi connectivity index (χ3v) is 4.28.